The van der Waals surface area contributed by atoms with Gasteiger partial charge in [-0.05, 0) is 37.6 Å². The molecule has 0 unspecified atom stereocenters. The molecule has 0 fully saturated rings. The molecule has 2 aromatic carbocycles. The molecular weight excluding hydrogens is 302 g/mol. The van der Waals surface area contributed by atoms with E-state index >= 15 is 0 Å². The van der Waals surface area contributed by atoms with Gasteiger partial charge in [-0.2, -0.15) is 0 Å². The SMILES string of the molecule is C=Cc1ccc2c(C=C)c(/C=C\C)n(-c3ccccc3)c2c1/C=C\C. The zero-order valence-electron chi connectivity index (χ0n) is 14.9. The lowest BCUT2D eigenvalue weighted by Gasteiger charge is -2.12. The molecule has 0 aliphatic heterocycles. The quantitative estimate of drug-likeness (QED) is 0.476. The highest BCUT2D eigenvalue weighted by Crippen LogP contribution is 2.36. The Labute approximate surface area is 149 Å². The summed E-state index contributed by atoms with van der Waals surface area (Å²) >= 11 is 0. The molecule has 1 aromatic heterocycles. The van der Waals surface area contributed by atoms with E-state index < -0.39 is 0 Å². The van der Waals surface area contributed by atoms with Crippen LogP contribution >= 0.6 is 0 Å². The van der Waals surface area contributed by atoms with Crippen LogP contribution in [0.25, 0.3) is 40.9 Å². The van der Waals surface area contributed by atoms with Crippen LogP contribution in [0, 0.1) is 0 Å². The molecule has 25 heavy (non-hydrogen) atoms. The number of aromatic nitrogens is 1. The van der Waals surface area contributed by atoms with Gasteiger partial charge in [0.05, 0.1) is 11.2 Å². The van der Waals surface area contributed by atoms with E-state index in [0.717, 1.165) is 22.5 Å². The Morgan fingerprint density at radius 3 is 2.12 bits per heavy atom. The Kier molecular flexibility index (Phi) is 4.85. The van der Waals surface area contributed by atoms with Crippen LogP contribution in [-0.2, 0) is 0 Å². The second-order valence-electron chi connectivity index (χ2n) is 5.84. The Balaban J connectivity index is 2.59. The topological polar surface area (TPSA) is 4.93 Å². The van der Waals surface area contributed by atoms with Crippen molar-refractivity contribution in [3.05, 3.63) is 90.2 Å². The Hall–Kier alpha value is -3.06. The van der Waals surface area contributed by atoms with Crippen molar-refractivity contribution in [1.82, 2.24) is 4.57 Å². The monoisotopic (exact) mass is 325 g/mol. The fourth-order valence-electron chi connectivity index (χ4n) is 3.36. The third-order valence-electron chi connectivity index (χ3n) is 4.38. The van der Waals surface area contributed by atoms with Gasteiger partial charge in [-0.1, -0.05) is 73.9 Å². The molecule has 1 heteroatoms. The fraction of sp³-hybridized carbons (Fsp3) is 0.0833. The maximum atomic E-state index is 4.06. The molecule has 0 bridgehead atoms. The molecule has 124 valence electrons. The number of fused-ring (bicyclic) bond motifs is 1. The van der Waals surface area contributed by atoms with Crippen molar-refractivity contribution in [2.45, 2.75) is 13.8 Å². The van der Waals surface area contributed by atoms with Crippen molar-refractivity contribution in [3.8, 4) is 5.69 Å². The van der Waals surface area contributed by atoms with E-state index in [9.17, 15) is 0 Å². The third-order valence-corrected chi connectivity index (χ3v) is 4.38. The highest BCUT2D eigenvalue weighted by atomic mass is 15.0. The van der Waals surface area contributed by atoms with Gasteiger partial charge in [-0.25, -0.2) is 0 Å². The Morgan fingerprint density at radius 2 is 1.52 bits per heavy atom. The first kappa shape index (κ1) is 16.8. The molecular formula is C24H23N. The summed E-state index contributed by atoms with van der Waals surface area (Å²) in [6.45, 7) is 12.1. The number of hydrogen-bond donors (Lipinski definition) is 0. The van der Waals surface area contributed by atoms with Crippen LogP contribution in [0.5, 0.6) is 0 Å². The first-order valence-corrected chi connectivity index (χ1v) is 8.53. The van der Waals surface area contributed by atoms with E-state index in [1.54, 1.807) is 0 Å². The molecule has 0 saturated carbocycles. The molecule has 0 N–H and O–H groups in total. The lowest BCUT2D eigenvalue weighted by Crippen LogP contribution is -1.98. The third kappa shape index (κ3) is 2.78. The minimum Gasteiger partial charge on any atom is -0.309 e. The predicted molar refractivity (Wildman–Crippen MR) is 113 cm³/mol. The molecule has 0 radical (unpaired) electrons. The lowest BCUT2D eigenvalue weighted by molar-refractivity contribution is 1.10. The van der Waals surface area contributed by atoms with E-state index in [0.29, 0.717) is 0 Å². The standard InChI is InChI=1S/C24H23N/c1-5-12-21-18(7-3)16-17-22-20(8-4)23(13-6-2)25(24(21)22)19-14-10-9-11-15-19/h5-17H,3-4H2,1-2H3/b12-5-,13-6-. The van der Waals surface area contributed by atoms with Gasteiger partial charge in [-0.15, -0.1) is 0 Å². The van der Waals surface area contributed by atoms with Crippen LogP contribution in [0.1, 0.15) is 36.2 Å². The summed E-state index contributed by atoms with van der Waals surface area (Å²) < 4.78 is 2.31. The van der Waals surface area contributed by atoms with Gasteiger partial charge >= 0.3 is 0 Å². The van der Waals surface area contributed by atoms with Gasteiger partial charge in [-0.3, -0.25) is 0 Å². The van der Waals surface area contributed by atoms with E-state index in [-0.39, 0.29) is 0 Å². The van der Waals surface area contributed by atoms with Gasteiger partial charge in [0.2, 0.25) is 0 Å². The van der Waals surface area contributed by atoms with Crippen LogP contribution in [-0.4, -0.2) is 4.57 Å². The minimum absolute atomic E-state index is 1.13. The Morgan fingerprint density at radius 1 is 0.800 bits per heavy atom. The lowest BCUT2D eigenvalue weighted by atomic mass is 10.0. The van der Waals surface area contributed by atoms with Crippen molar-refractivity contribution in [3.63, 3.8) is 0 Å². The van der Waals surface area contributed by atoms with E-state index in [1.807, 2.05) is 32.1 Å². The van der Waals surface area contributed by atoms with Crippen molar-refractivity contribution >= 4 is 35.2 Å². The van der Waals surface area contributed by atoms with Gasteiger partial charge < -0.3 is 4.57 Å². The zero-order chi connectivity index (χ0) is 17.8. The number of nitrogens with zero attached hydrogens (tertiary/aromatic N) is 1. The number of hydrogen-bond acceptors (Lipinski definition) is 0. The summed E-state index contributed by atoms with van der Waals surface area (Å²) in [7, 11) is 0. The number of rotatable bonds is 5. The average molecular weight is 325 g/mol. The van der Waals surface area contributed by atoms with Crippen LogP contribution < -0.4 is 0 Å². The maximum Gasteiger partial charge on any atom is 0.0619 e. The highest BCUT2D eigenvalue weighted by molar-refractivity contribution is 6.01. The summed E-state index contributed by atoms with van der Waals surface area (Å²) in [6.07, 6.45) is 12.3. The van der Waals surface area contributed by atoms with Crippen LogP contribution in [0.4, 0.5) is 0 Å². The van der Waals surface area contributed by atoms with Crippen molar-refractivity contribution < 1.29 is 0 Å². The summed E-state index contributed by atoms with van der Waals surface area (Å²) in [5.41, 5.74) is 6.93. The number of para-hydroxylation sites is 1. The summed E-state index contributed by atoms with van der Waals surface area (Å²) in [5, 5.41) is 1.20. The molecule has 3 aromatic rings. The molecule has 0 aliphatic rings. The summed E-state index contributed by atoms with van der Waals surface area (Å²) in [5.74, 6) is 0. The second kappa shape index (κ2) is 7.23. The van der Waals surface area contributed by atoms with Gasteiger partial charge in [0.1, 0.15) is 0 Å². The molecule has 0 atom stereocenters. The Bertz CT molecular complexity index is 982. The first-order chi connectivity index (χ1) is 12.3. The molecule has 0 aliphatic carbocycles. The maximum absolute atomic E-state index is 4.06. The molecule has 0 spiro atoms. The number of benzene rings is 2. The molecule has 1 nitrogen and oxygen atoms in total. The molecule has 0 saturated heterocycles. The minimum atomic E-state index is 1.13. The van der Waals surface area contributed by atoms with Crippen molar-refractivity contribution in [1.29, 1.82) is 0 Å². The fourth-order valence-corrected chi connectivity index (χ4v) is 3.36. The zero-order valence-corrected chi connectivity index (χ0v) is 14.9. The van der Waals surface area contributed by atoms with Crippen molar-refractivity contribution in [2.75, 3.05) is 0 Å². The van der Waals surface area contributed by atoms with Crippen LogP contribution in [0.2, 0.25) is 0 Å². The van der Waals surface area contributed by atoms with Crippen LogP contribution in [0.15, 0.2) is 67.8 Å². The van der Waals surface area contributed by atoms with Gasteiger partial charge in [0.25, 0.3) is 0 Å². The van der Waals surface area contributed by atoms with Crippen molar-refractivity contribution in [2.24, 2.45) is 0 Å². The van der Waals surface area contributed by atoms with Gasteiger partial charge in [0, 0.05) is 22.2 Å². The molecule has 0 amide bonds. The second-order valence-corrected chi connectivity index (χ2v) is 5.84. The number of allylic oxidation sites excluding steroid dienone is 2. The largest absolute Gasteiger partial charge is 0.309 e. The van der Waals surface area contributed by atoms with E-state index in [1.165, 1.54) is 16.5 Å². The molecule has 3 rings (SSSR count). The normalized spacial score (nSPS) is 11.6. The smallest absolute Gasteiger partial charge is 0.0619 e. The summed E-state index contributed by atoms with van der Waals surface area (Å²) in [6, 6.07) is 14.8. The van der Waals surface area contributed by atoms with Crippen LogP contribution in [0.3, 0.4) is 0 Å². The highest BCUT2D eigenvalue weighted by Gasteiger charge is 2.18. The molecule has 1 heterocycles. The first-order valence-electron chi connectivity index (χ1n) is 8.53. The summed E-state index contributed by atoms with van der Waals surface area (Å²) in [4.78, 5) is 0. The van der Waals surface area contributed by atoms with Gasteiger partial charge in [0.15, 0.2) is 0 Å². The predicted octanol–water partition coefficient (Wildman–Crippen LogP) is 6.98. The average Bonchev–Trinajstić information content (AvgIpc) is 2.96. The van der Waals surface area contributed by atoms with E-state index in [4.69, 9.17) is 0 Å². The van der Waals surface area contributed by atoms with E-state index in [2.05, 4.69) is 78.4 Å².